The van der Waals surface area contributed by atoms with Crippen molar-refractivity contribution >= 4 is 17.9 Å². The molecule has 1 heterocycles. The zero-order valence-corrected chi connectivity index (χ0v) is 15.3. The van der Waals surface area contributed by atoms with E-state index in [9.17, 15) is 4.79 Å². The lowest BCUT2D eigenvalue weighted by atomic mass is 10.1. The SMILES string of the molecule is CC1CC(NCc2ccccc2CNC(=O)OC(C)(C)C)CS1. The molecular formula is C18H28N2O2S. The van der Waals surface area contributed by atoms with Crippen LogP contribution in [0.1, 0.15) is 45.2 Å². The zero-order chi connectivity index (χ0) is 16.9. The van der Waals surface area contributed by atoms with Gasteiger partial charge in [-0.1, -0.05) is 31.2 Å². The van der Waals surface area contributed by atoms with Crippen LogP contribution in [0.4, 0.5) is 4.79 Å². The molecule has 128 valence electrons. The van der Waals surface area contributed by atoms with Crippen LogP contribution in [-0.4, -0.2) is 28.7 Å². The van der Waals surface area contributed by atoms with Crippen LogP contribution < -0.4 is 10.6 Å². The van der Waals surface area contributed by atoms with E-state index in [4.69, 9.17) is 4.74 Å². The van der Waals surface area contributed by atoms with E-state index >= 15 is 0 Å². The monoisotopic (exact) mass is 336 g/mol. The van der Waals surface area contributed by atoms with E-state index in [1.807, 2.05) is 44.7 Å². The molecule has 0 radical (unpaired) electrons. The Morgan fingerprint density at radius 2 is 1.91 bits per heavy atom. The van der Waals surface area contributed by atoms with Gasteiger partial charge in [0.25, 0.3) is 0 Å². The van der Waals surface area contributed by atoms with E-state index in [1.165, 1.54) is 17.7 Å². The number of thioether (sulfide) groups is 1. The first-order valence-corrected chi connectivity index (χ1v) is 9.27. The highest BCUT2D eigenvalue weighted by molar-refractivity contribution is 8.00. The van der Waals surface area contributed by atoms with Gasteiger partial charge in [0.15, 0.2) is 0 Å². The van der Waals surface area contributed by atoms with Gasteiger partial charge in [-0.05, 0) is 38.3 Å². The Kier molecular flexibility index (Phi) is 6.36. The highest BCUT2D eigenvalue weighted by Crippen LogP contribution is 2.26. The molecule has 4 nitrogen and oxygen atoms in total. The zero-order valence-electron chi connectivity index (χ0n) is 14.5. The van der Waals surface area contributed by atoms with Gasteiger partial charge in [0.05, 0.1) is 0 Å². The maximum atomic E-state index is 11.8. The summed E-state index contributed by atoms with van der Waals surface area (Å²) in [5.41, 5.74) is 1.89. The van der Waals surface area contributed by atoms with Crippen LogP contribution in [0.25, 0.3) is 0 Å². The normalized spacial score (nSPS) is 21.2. The lowest BCUT2D eigenvalue weighted by molar-refractivity contribution is 0.0523. The van der Waals surface area contributed by atoms with Crippen LogP contribution in [0.5, 0.6) is 0 Å². The Morgan fingerprint density at radius 3 is 2.48 bits per heavy atom. The number of ether oxygens (including phenoxy) is 1. The number of benzene rings is 1. The molecule has 0 aromatic heterocycles. The average Bonchev–Trinajstić information content (AvgIpc) is 2.87. The lowest BCUT2D eigenvalue weighted by Crippen LogP contribution is -2.33. The van der Waals surface area contributed by atoms with Crippen LogP contribution in [0, 0.1) is 0 Å². The fourth-order valence-electron chi connectivity index (χ4n) is 2.60. The number of amides is 1. The van der Waals surface area contributed by atoms with Crippen LogP contribution in [0.15, 0.2) is 24.3 Å². The fraction of sp³-hybridized carbons (Fsp3) is 0.611. The van der Waals surface area contributed by atoms with Gasteiger partial charge in [0.2, 0.25) is 0 Å². The van der Waals surface area contributed by atoms with Crippen molar-refractivity contribution in [2.45, 2.75) is 64.1 Å². The highest BCUT2D eigenvalue weighted by atomic mass is 32.2. The Morgan fingerprint density at radius 1 is 1.26 bits per heavy atom. The molecule has 0 spiro atoms. The van der Waals surface area contributed by atoms with Crippen molar-refractivity contribution in [1.82, 2.24) is 10.6 Å². The van der Waals surface area contributed by atoms with Crippen molar-refractivity contribution in [2.24, 2.45) is 0 Å². The minimum absolute atomic E-state index is 0.374. The second-order valence-electron chi connectivity index (χ2n) is 7.08. The molecule has 1 aromatic carbocycles. The predicted molar refractivity (Wildman–Crippen MR) is 96.7 cm³/mol. The number of hydrogen-bond acceptors (Lipinski definition) is 4. The molecule has 0 saturated carbocycles. The summed E-state index contributed by atoms with van der Waals surface area (Å²) in [6.45, 7) is 9.21. The molecule has 1 aromatic rings. The van der Waals surface area contributed by atoms with Crippen molar-refractivity contribution in [2.75, 3.05) is 5.75 Å². The molecule has 1 saturated heterocycles. The molecule has 1 fully saturated rings. The first kappa shape index (κ1) is 18.1. The number of alkyl carbamates (subject to hydrolysis) is 1. The number of rotatable bonds is 5. The Bertz CT molecular complexity index is 528. The third kappa shape index (κ3) is 6.43. The van der Waals surface area contributed by atoms with Gasteiger partial charge in [-0.25, -0.2) is 4.79 Å². The summed E-state index contributed by atoms with van der Waals surface area (Å²) in [6, 6.07) is 8.80. The van der Waals surface area contributed by atoms with E-state index in [0.29, 0.717) is 12.6 Å². The third-order valence-electron chi connectivity index (χ3n) is 3.72. The number of nitrogens with one attached hydrogen (secondary N) is 2. The molecule has 5 heteroatoms. The second-order valence-corrected chi connectivity index (χ2v) is 8.55. The molecular weight excluding hydrogens is 308 g/mol. The van der Waals surface area contributed by atoms with Gasteiger partial charge in [-0.15, -0.1) is 0 Å². The Balaban J connectivity index is 1.86. The maximum Gasteiger partial charge on any atom is 0.407 e. The lowest BCUT2D eigenvalue weighted by Gasteiger charge is -2.20. The smallest absolute Gasteiger partial charge is 0.407 e. The Hall–Kier alpha value is -1.20. The van der Waals surface area contributed by atoms with Crippen LogP contribution >= 0.6 is 11.8 Å². The second kappa shape index (κ2) is 8.06. The van der Waals surface area contributed by atoms with Gasteiger partial charge in [-0.3, -0.25) is 0 Å². The summed E-state index contributed by atoms with van der Waals surface area (Å²) >= 11 is 2.03. The summed E-state index contributed by atoms with van der Waals surface area (Å²) < 4.78 is 5.28. The standard InChI is InChI=1S/C18H28N2O2S/c1-13-9-16(12-23-13)19-10-14-7-5-6-8-15(14)11-20-17(21)22-18(2,3)4/h5-8,13,16,19H,9-12H2,1-4H3,(H,20,21). The summed E-state index contributed by atoms with van der Waals surface area (Å²) in [5.74, 6) is 1.18. The highest BCUT2D eigenvalue weighted by Gasteiger charge is 2.21. The number of hydrogen-bond donors (Lipinski definition) is 2. The van der Waals surface area contributed by atoms with Crippen molar-refractivity contribution in [3.8, 4) is 0 Å². The fourth-order valence-corrected chi connectivity index (χ4v) is 3.78. The van der Waals surface area contributed by atoms with Crippen molar-refractivity contribution < 1.29 is 9.53 Å². The van der Waals surface area contributed by atoms with Crippen LogP contribution in [0.2, 0.25) is 0 Å². The average molecular weight is 337 g/mol. The van der Waals surface area contributed by atoms with E-state index in [1.54, 1.807) is 0 Å². The first-order valence-electron chi connectivity index (χ1n) is 8.22. The van der Waals surface area contributed by atoms with Crippen molar-refractivity contribution in [1.29, 1.82) is 0 Å². The molecule has 1 amide bonds. The maximum absolute atomic E-state index is 11.8. The molecule has 0 aliphatic carbocycles. The topological polar surface area (TPSA) is 50.4 Å². The number of carbonyl (C=O) groups excluding carboxylic acids is 1. The quantitative estimate of drug-likeness (QED) is 0.861. The van der Waals surface area contributed by atoms with Crippen molar-refractivity contribution in [3.05, 3.63) is 35.4 Å². The minimum Gasteiger partial charge on any atom is -0.444 e. The molecule has 2 unspecified atom stereocenters. The number of carbonyl (C=O) groups is 1. The molecule has 2 atom stereocenters. The predicted octanol–water partition coefficient (Wildman–Crippen LogP) is 3.69. The van der Waals surface area contributed by atoms with Crippen LogP contribution in [-0.2, 0) is 17.8 Å². The van der Waals surface area contributed by atoms with Crippen LogP contribution in [0.3, 0.4) is 0 Å². The van der Waals surface area contributed by atoms with Gasteiger partial charge < -0.3 is 15.4 Å². The minimum atomic E-state index is -0.470. The van der Waals surface area contributed by atoms with Gasteiger partial charge in [-0.2, -0.15) is 11.8 Å². The summed E-state index contributed by atoms with van der Waals surface area (Å²) in [7, 11) is 0. The van der Waals surface area contributed by atoms with Gasteiger partial charge in [0.1, 0.15) is 5.60 Å². The largest absolute Gasteiger partial charge is 0.444 e. The molecule has 1 aliphatic rings. The third-order valence-corrected chi connectivity index (χ3v) is 5.08. The van der Waals surface area contributed by atoms with E-state index in [2.05, 4.69) is 29.7 Å². The summed E-state index contributed by atoms with van der Waals surface area (Å²) in [6.07, 6.45) is 0.851. The van der Waals surface area contributed by atoms with Crippen molar-refractivity contribution in [3.63, 3.8) is 0 Å². The van der Waals surface area contributed by atoms with E-state index < -0.39 is 5.60 Å². The molecule has 23 heavy (non-hydrogen) atoms. The molecule has 2 rings (SSSR count). The molecule has 0 bridgehead atoms. The summed E-state index contributed by atoms with van der Waals surface area (Å²) in [4.78, 5) is 11.8. The first-order chi connectivity index (χ1) is 10.8. The molecule has 1 aliphatic heterocycles. The van der Waals surface area contributed by atoms with Gasteiger partial charge >= 0.3 is 6.09 Å². The van der Waals surface area contributed by atoms with Gasteiger partial charge in [0, 0.05) is 30.1 Å². The van der Waals surface area contributed by atoms with E-state index in [0.717, 1.165) is 17.4 Å². The molecule has 2 N–H and O–H groups in total. The van der Waals surface area contributed by atoms with E-state index in [-0.39, 0.29) is 6.09 Å². The summed E-state index contributed by atoms with van der Waals surface area (Å²) in [5, 5.41) is 7.21. The Labute approximate surface area is 143 Å².